The van der Waals surface area contributed by atoms with Gasteiger partial charge in [0.15, 0.2) is 0 Å². The van der Waals surface area contributed by atoms with Gasteiger partial charge in [0.05, 0.1) is 0 Å². The third kappa shape index (κ3) is 6.25. The summed E-state index contributed by atoms with van der Waals surface area (Å²) in [4.78, 5) is 1.40. The summed E-state index contributed by atoms with van der Waals surface area (Å²) in [5.74, 6) is -1.91. The summed E-state index contributed by atoms with van der Waals surface area (Å²) in [5.41, 5.74) is -0.312. The lowest BCUT2D eigenvalue weighted by atomic mass is 9.93. The average Bonchev–Trinajstić information content (AvgIpc) is 2.24. The first-order valence-electron chi connectivity index (χ1n) is 6.13. The van der Waals surface area contributed by atoms with Crippen molar-refractivity contribution in [1.82, 2.24) is 9.62 Å². The molecule has 1 aromatic rings. The Balaban J connectivity index is 0.00000400. The molecule has 0 saturated heterocycles. The van der Waals surface area contributed by atoms with Gasteiger partial charge in [-0.15, -0.1) is 12.4 Å². The van der Waals surface area contributed by atoms with Crippen LogP contribution in [0.4, 0.5) is 8.78 Å². The van der Waals surface area contributed by atoms with Crippen LogP contribution in [0.25, 0.3) is 0 Å². The van der Waals surface area contributed by atoms with Crippen LogP contribution in [0.3, 0.4) is 0 Å². The maximum absolute atomic E-state index is 13.5. The molecule has 0 amide bonds. The van der Waals surface area contributed by atoms with Crippen molar-refractivity contribution in [1.29, 1.82) is 0 Å². The van der Waals surface area contributed by atoms with Gasteiger partial charge in [0.1, 0.15) is 16.5 Å². The zero-order chi connectivity index (χ0) is 15.6. The third-order valence-electron chi connectivity index (χ3n) is 2.67. The predicted molar refractivity (Wildman–Crippen MR) is 81.1 cm³/mol. The largest absolute Gasteiger partial charge is 0.309 e. The van der Waals surface area contributed by atoms with Crippen molar-refractivity contribution >= 4 is 22.4 Å². The van der Waals surface area contributed by atoms with E-state index in [-0.39, 0.29) is 24.4 Å². The van der Waals surface area contributed by atoms with Crippen molar-refractivity contribution in [3.63, 3.8) is 0 Å². The summed E-state index contributed by atoms with van der Waals surface area (Å²) in [5, 5.41) is 0. The number of sulfonamides is 1. The Hall–Kier alpha value is -0.760. The molecule has 0 heterocycles. The molecule has 122 valence electrons. The fourth-order valence-corrected chi connectivity index (χ4v) is 3.27. The molecule has 0 spiro atoms. The van der Waals surface area contributed by atoms with E-state index in [2.05, 4.69) is 4.72 Å². The van der Waals surface area contributed by atoms with E-state index in [1.54, 1.807) is 0 Å². The minimum Gasteiger partial charge on any atom is -0.309 e. The highest BCUT2D eigenvalue weighted by molar-refractivity contribution is 7.89. The zero-order valence-electron chi connectivity index (χ0n) is 12.5. The number of hydrogen-bond acceptors (Lipinski definition) is 3. The first kappa shape index (κ1) is 20.2. The second kappa shape index (κ2) is 7.49. The first-order chi connectivity index (χ1) is 9.03. The Bertz CT molecular complexity index is 578. The minimum absolute atomic E-state index is 0. The molecule has 0 bridgehead atoms. The number of halogens is 3. The number of rotatable bonds is 6. The molecule has 0 aliphatic rings. The number of hydrogen-bond donors (Lipinski definition) is 1. The van der Waals surface area contributed by atoms with Crippen LogP contribution in [0.15, 0.2) is 23.1 Å². The monoisotopic (exact) mass is 342 g/mol. The van der Waals surface area contributed by atoms with E-state index in [0.717, 1.165) is 12.1 Å². The molecule has 0 atom stereocenters. The maximum atomic E-state index is 13.5. The minimum atomic E-state index is -3.99. The molecule has 21 heavy (non-hydrogen) atoms. The lowest BCUT2D eigenvalue weighted by Crippen LogP contribution is -2.40. The molecule has 0 aliphatic heterocycles. The van der Waals surface area contributed by atoms with Gasteiger partial charge in [-0.25, -0.2) is 21.9 Å². The highest BCUT2D eigenvalue weighted by atomic mass is 35.5. The van der Waals surface area contributed by atoms with E-state index in [9.17, 15) is 17.2 Å². The summed E-state index contributed by atoms with van der Waals surface area (Å²) in [6.07, 6.45) is 0. The van der Waals surface area contributed by atoms with E-state index < -0.39 is 26.6 Å². The molecule has 4 nitrogen and oxygen atoms in total. The Kier molecular flexibility index (Phi) is 7.22. The topological polar surface area (TPSA) is 49.4 Å². The Morgan fingerprint density at radius 1 is 1.24 bits per heavy atom. The van der Waals surface area contributed by atoms with Gasteiger partial charge in [-0.3, -0.25) is 0 Å². The molecule has 0 aliphatic carbocycles. The van der Waals surface area contributed by atoms with Gasteiger partial charge >= 0.3 is 0 Å². The van der Waals surface area contributed by atoms with Crippen molar-refractivity contribution in [2.45, 2.75) is 18.7 Å². The van der Waals surface area contributed by atoms with Crippen LogP contribution >= 0.6 is 12.4 Å². The molecule has 0 aromatic heterocycles. The van der Waals surface area contributed by atoms with Crippen LogP contribution in [0, 0.1) is 17.0 Å². The van der Waals surface area contributed by atoms with E-state index in [1.807, 2.05) is 32.8 Å². The SMILES string of the molecule is CN(C)CC(C)(C)CNS(=O)(=O)c1ccc(F)cc1F.Cl. The van der Waals surface area contributed by atoms with E-state index >= 15 is 0 Å². The van der Waals surface area contributed by atoms with Crippen LogP contribution in [-0.2, 0) is 10.0 Å². The van der Waals surface area contributed by atoms with Gasteiger partial charge < -0.3 is 4.90 Å². The Morgan fingerprint density at radius 2 is 1.81 bits per heavy atom. The van der Waals surface area contributed by atoms with Gasteiger partial charge in [-0.2, -0.15) is 0 Å². The summed E-state index contributed by atoms with van der Waals surface area (Å²) in [7, 11) is -0.217. The van der Waals surface area contributed by atoms with Crippen LogP contribution in [0.1, 0.15) is 13.8 Å². The molecule has 0 fully saturated rings. The van der Waals surface area contributed by atoms with Gasteiger partial charge in [-0.1, -0.05) is 13.8 Å². The third-order valence-corrected chi connectivity index (χ3v) is 4.10. The average molecular weight is 343 g/mol. The number of nitrogens with zero attached hydrogens (tertiary/aromatic N) is 1. The van der Waals surface area contributed by atoms with Crippen molar-refractivity contribution < 1.29 is 17.2 Å². The molecule has 1 aromatic carbocycles. The van der Waals surface area contributed by atoms with Gasteiger partial charge in [0.25, 0.3) is 0 Å². The lowest BCUT2D eigenvalue weighted by Gasteiger charge is -2.28. The summed E-state index contributed by atoms with van der Waals surface area (Å²) in [6.45, 7) is 4.62. The predicted octanol–water partition coefficient (Wildman–Crippen LogP) is 2.25. The molecule has 0 radical (unpaired) electrons. The molecule has 1 N–H and O–H groups in total. The molecule has 0 saturated carbocycles. The van der Waals surface area contributed by atoms with Crippen molar-refractivity contribution in [2.75, 3.05) is 27.2 Å². The fraction of sp³-hybridized carbons (Fsp3) is 0.538. The normalized spacial score (nSPS) is 12.3. The van der Waals surface area contributed by atoms with Gasteiger partial charge in [0, 0.05) is 19.2 Å². The van der Waals surface area contributed by atoms with Crippen molar-refractivity contribution in [3.05, 3.63) is 29.8 Å². The van der Waals surface area contributed by atoms with Crippen LogP contribution in [0.2, 0.25) is 0 Å². The fourth-order valence-electron chi connectivity index (χ4n) is 1.97. The standard InChI is InChI=1S/C13H20F2N2O2S.ClH/c1-13(2,9-17(3)4)8-16-20(18,19)12-6-5-10(14)7-11(12)15;/h5-7,16H,8-9H2,1-4H3;1H. The Morgan fingerprint density at radius 3 is 2.29 bits per heavy atom. The number of benzene rings is 1. The smallest absolute Gasteiger partial charge is 0.243 e. The molecular formula is C13H21ClF2N2O2S. The molecule has 8 heteroatoms. The van der Waals surface area contributed by atoms with E-state index in [4.69, 9.17) is 0 Å². The first-order valence-corrected chi connectivity index (χ1v) is 7.61. The second-order valence-electron chi connectivity index (χ2n) is 5.80. The molecule has 0 unspecified atom stereocenters. The summed E-state index contributed by atoms with van der Waals surface area (Å²) >= 11 is 0. The summed E-state index contributed by atoms with van der Waals surface area (Å²) < 4.78 is 52.7. The second-order valence-corrected chi connectivity index (χ2v) is 7.54. The number of nitrogens with one attached hydrogen (secondary N) is 1. The van der Waals surface area contributed by atoms with Crippen LogP contribution < -0.4 is 4.72 Å². The van der Waals surface area contributed by atoms with Crippen LogP contribution in [-0.4, -0.2) is 40.5 Å². The molecular weight excluding hydrogens is 322 g/mol. The lowest BCUT2D eigenvalue weighted by molar-refractivity contribution is 0.242. The highest BCUT2D eigenvalue weighted by Crippen LogP contribution is 2.18. The Labute approximate surface area is 131 Å². The molecule has 1 rings (SSSR count). The van der Waals surface area contributed by atoms with E-state index in [0.29, 0.717) is 12.6 Å². The highest BCUT2D eigenvalue weighted by Gasteiger charge is 2.25. The van der Waals surface area contributed by atoms with Crippen LogP contribution in [0.5, 0.6) is 0 Å². The van der Waals surface area contributed by atoms with Gasteiger partial charge in [0.2, 0.25) is 10.0 Å². The zero-order valence-corrected chi connectivity index (χ0v) is 14.1. The van der Waals surface area contributed by atoms with Crippen molar-refractivity contribution in [3.8, 4) is 0 Å². The maximum Gasteiger partial charge on any atom is 0.243 e. The van der Waals surface area contributed by atoms with Gasteiger partial charge in [-0.05, 0) is 31.6 Å². The van der Waals surface area contributed by atoms with E-state index in [1.165, 1.54) is 0 Å². The quantitative estimate of drug-likeness (QED) is 0.862. The van der Waals surface area contributed by atoms with Crippen molar-refractivity contribution in [2.24, 2.45) is 5.41 Å². The summed E-state index contributed by atoms with van der Waals surface area (Å²) in [6, 6.07) is 2.40.